The number of nitrogens with zero attached hydrogens (tertiary/aromatic N) is 1. The molecule has 7 nitrogen and oxygen atoms in total. The van der Waals surface area contributed by atoms with Crippen molar-refractivity contribution >= 4 is 21.9 Å². The van der Waals surface area contributed by atoms with Crippen molar-refractivity contribution in [1.82, 2.24) is 9.62 Å². The number of amides is 1. The van der Waals surface area contributed by atoms with Crippen molar-refractivity contribution in [3.8, 4) is 0 Å². The number of ether oxygens (including phenoxy) is 1. The first-order valence-electron chi connectivity index (χ1n) is 10.8. The van der Waals surface area contributed by atoms with Crippen LogP contribution in [0.1, 0.15) is 46.0 Å². The Morgan fingerprint density at radius 3 is 2.40 bits per heavy atom. The highest BCUT2D eigenvalue weighted by atomic mass is 32.2. The third-order valence-electron chi connectivity index (χ3n) is 6.57. The fourth-order valence-corrected chi connectivity index (χ4v) is 5.85. The summed E-state index contributed by atoms with van der Waals surface area (Å²) < 4.78 is 32.0. The predicted octanol–water partition coefficient (Wildman–Crippen LogP) is 2.57. The van der Waals surface area contributed by atoms with Crippen LogP contribution < -0.4 is 5.32 Å². The van der Waals surface area contributed by atoms with Gasteiger partial charge < -0.3 is 10.1 Å². The lowest BCUT2D eigenvalue weighted by Gasteiger charge is -2.34. The monoisotopic (exact) mass is 436 g/mol. The number of benzene rings is 1. The van der Waals surface area contributed by atoms with E-state index in [2.05, 4.69) is 19.2 Å². The molecule has 0 unspecified atom stereocenters. The summed E-state index contributed by atoms with van der Waals surface area (Å²) in [4.78, 5) is 24.8. The molecule has 1 saturated carbocycles. The maximum absolute atomic E-state index is 12.7. The van der Waals surface area contributed by atoms with E-state index in [1.165, 1.54) is 10.7 Å². The molecule has 166 valence electrons. The molecule has 1 aromatic rings. The maximum Gasteiger partial charge on any atom is 0.309 e. The maximum atomic E-state index is 12.7. The molecule has 30 heavy (non-hydrogen) atoms. The van der Waals surface area contributed by atoms with Gasteiger partial charge in [-0.3, -0.25) is 9.59 Å². The minimum Gasteiger partial charge on any atom is -0.455 e. The average molecular weight is 437 g/mol. The van der Waals surface area contributed by atoms with Crippen LogP contribution in [0.4, 0.5) is 0 Å². The van der Waals surface area contributed by atoms with Gasteiger partial charge in [-0.2, -0.15) is 4.31 Å². The number of carbonyl (C=O) groups is 2. The number of esters is 1. The van der Waals surface area contributed by atoms with Crippen molar-refractivity contribution in [3.63, 3.8) is 0 Å². The number of sulfonamides is 1. The van der Waals surface area contributed by atoms with Crippen LogP contribution in [0.2, 0.25) is 0 Å². The van der Waals surface area contributed by atoms with E-state index in [0.717, 1.165) is 12.8 Å². The molecule has 1 aromatic carbocycles. The van der Waals surface area contributed by atoms with Crippen LogP contribution in [0, 0.1) is 17.8 Å². The zero-order valence-electron chi connectivity index (χ0n) is 17.7. The second-order valence-corrected chi connectivity index (χ2v) is 10.5. The summed E-state index contributed by atoms with van der Waals surface area (Å²) in [5.74, 6) is -0.0859. The Morgan fingerprint density at radius 1 is 1.07 bits per heavy atom. The second kappa shape index (κ2) is 9.92. The van der Waals surface area contributed by atoms with E-state index in [4.69, 9.17) is 4.74 Å². The molecule has 1 amide bonds. The number of hydrogen-bond acceptors (Lipinski definition) is 5. The molecule has 3 atom stereocenters. The molecule has 0 radical (unpaired) electrons. The van der Waals surface area contributed by atoms with Gasteiger partial charge in [0.05, 0.1) is 10.8 Å². The van der Waals surface area contributed by atoms with Crippen molar-refractivity contribution < 1.29 is 22.7 Å². The van der Waals surface area contributed by atoms with E-state index in [-0.39, 0.29) is 42.5 Å². The lowest BCUT2D eigenvalue weighted by atomic mass is 9.78. The molecule has 2 aliphatic rings. The lowest BCUT2D eigenvalue weighted by Crippen LogP contribution is -2.45. The molecular formula is C22H32N2O5S. The van der Waals surface area contributed by atoms with Crippen LogP contribution in [-0.2, 0) is 24.3 Å². The number of piperidine rings is 1. The summed E-state index contributed by atoms with van der Waals surface area (Å²) in [5, 5.41) is 3.00. The van der Waals surface area contributed by atoms with Gasteiger partial charge in [-0.1, -0.05) is 44.9 Å². The van der Waals surface area contributed by atoms with Crippen molar-refractivity contribution in [2.45, 2.75) is 56.9 Å². The van der Waals surface area contributed by atoms with Crippen LogP contribution in [0.5, 0.6) is 0 Å². The van der Waals surface area contributed by atoms with Gasteiger partial charge >= 0.3 is 5.97 Å². The molecule has 0 spiro atoms. The molecule has 0 bridgehead atoms. The van der Waals surface area contributed by atoms with E-state index in [9.17, 15) is 18.0 Å². The van der Waals surface area contributed by atoms with E-state index in [1.807, 2.05) is 0 Å². The molecule has 1 N–H and O–H groups in total. The summed E-state index contributed by atoms with van der Waals surface area (Å²) in [7, 11) is -3.55. The molecule has 1 heterocycles. The van der Waals surface area contributed by atoms with Crippen molar-refractivity contribution in [2.24, 2.45) is 17.8 Å². The fourth-order valence-electron chi connectivity index (χ4n) is 4.36. The van der Waals surface area contributed by atoms with E-state index < -0.39 is 16.0 Å². The number of nitrogens with one attached hydrogen (secondary N) is 1. The Labute approximate surface area is 179 Å². The van der Waals surface area contributed by atoms with Crippen LogP contribution in [0.25, 0.3) is 0 Å². The molecule has 2 fully saturated rings. The molecule has 1 aliphatic heterocycles. The van der Waals surface area contributed by atoms with Crippen LogP contribution >= 0.6 is 0 Å². The van der Waals surface area contributed by atoms with E-state index in [0.29, 0.717) is 24.7 Å². The van der Waals surface area contributed by atoms with Gasteiger partial charge in [-0.25, -0.2) is 8.42 Å². The fraction of sp³-hybridized carbons (Fsp3) is 0.636. The average Bonchev–Trinajstić information content (AvgIpc) is 2.76. The lowest BCUT2D eigenvalue weighted by molar-refractivity contribution is -0.154. The van der Waals surface area contributed by atoms with Gasteiger partial charge in [0.2, 0.25) is 10.0 Å². The Bertz CT molecular complexity index is 834. The summed E-state index contributed by atoms with van der Waals surface area (Å²) in [6.45, 7) is 4.60. The van der Waals surface area contributed by atoms with Crippen LogP contribution in [0.3, 0.4) is 0 Å². The number of rotatable bonds is 6. The Balaban J connectivity index is 1.44. The first kappa shape index (κ1) is 22.7. The summed E-state index contributed by atoms with van der Waals surface area (Å²) in [6, 6.07) is 8.43. The van der Waals surface area contributed by atoms with Crippen molar-refractivity contribution in [1.29, 1.82) is 0 Å². The Kier molecular flexibility index (Phi) is 7.52. The third-order valence-corrected chi connectivity index (χ3v) is 8.48. The SMILES string of the molecule is C[C@@H]1[C@H](C)CCC[C@@H]1NC(=O)COC(=O)C1CCN(S(=O)(=O)c2ccccc2)CC1. The van der Waals surface area contributed by atoms with Crippen molar-refractivity contribution in [3.05, 3.63) is 30.3 Å². The highest BCUT2D eigenvalue weighted by molar-refractivity contribution is 7.89. The zero-order chi connectivity index (χ0) is 21.7. The van der Waals surface area contributed by atoms with Gasteiger partial charge in [0, 0.05) is 19.1 Å². The molecule has 0 aromatic heterocycles. The standard InChI is InChI=1S/C22H32N2O5S/c1-16-7-6-10-20(17(16)2)23-21(25)15-29-22(26)18-11-13-24(14-12-18)30(27,28)19-8-4-3-5-9-19/h3-5,8-9,16-18,20H,6-7,10-15H2,1-2H3,(H,23,25)/t16-,17-,20+/m1/s1. The zero-order valence-corrected chi connectivity index (χ0v) is 18.6. The van der Waals surface area contributed by atoms with Gasteiger partial charge in [0.1, 0.15) is 0 Å². The highest BCUT2D eigenvalue weighted by Crippen LogP contribution is 2.29. The predicted molar refractivity (Wildman–Crippen MR) is 113 cm³/mol. The molecule has 3 rings (SSSR count). The van der Waals surface area contributed by atoms with Gasteiger partial charge in [0.25, 0.3) is 5.91 Å². The second-order valence-electron chi connectivity index (χ2n) is 8.54. The molecule has 1 aliphatic carbocycles. The Morgan fingerprint density at radius 2 is 1.73 bits per heavy atom. The van der Waals surface area contributed by atoms with E-state index in [1.54, 1.807) is 30.3 Å². The van der Waals surface area contributed by atoms with Gasteiger partial charge in [-0.15, -0.1) is 0 Å². The van der Waals surface area contributed by atoms with Crippen LogP contribution in [-0.4, -0.2) is 50.3 Å². The summed E-state index contributed by atoms with van der Waals surface area (Å²) in [5.41, 5.74) is 0. The molecular weight excluding hydrogens is 404 g/mol. The highest BCUT2D eigenvalue weighted by Gasteiger charge is 2.33. The van der Waals surface area contributed by atoms with E-state index >= 15 is 0 Å². The number of hydrogen-bond donors (Lipinski definition) is 1. The van der Waals surface area contributed by atoms with Gasteiger partial charge in [0.15, 0.2) is 6.61 Å². The topological polar surface area (TPSA) is 92.8 Å². The largest absolute Gasteiger partial charge is 0.455 e. The third kappa shape index (κ3) is 5.40. The first-order valence-corrected chi connectivity index (χ1v) is 12.2. The normalized spacial score (nSPS) is 26.1. The first-order chi connectivity index (χ1) is 14.3. The summed E-state index contributed by atoms with van der Waals surface area (Å²) in [6.07, 6.45) is 4.02. The van der Waals surface area contributed by atoms with Gasteiger partial charge in [-0.05, 0) is 43.2 Å². The number of carbonyl (C=O) groups excluding carboxylic acids is 2. The Hall–Kier alpha value is -1.93. The summed E-state index contributed by atoms with van der Waals surface area (Å²) >= 11 is 0. The minimum atomic E-state index is -3.55. The quantitative estimate of drug-likeness (QED) is 0.692. The van der Waals surface area contributed by atoms with Crippen molar-refractivity contribution in [2.75, 3.05) is 19.7 Å². The smallest absolute Gasteiger partial charge is 0.309 e. The molecule has 8 heteroatoms. The van der Waals surface area contributed by atoms with Crippen LogP contribution in [0.15, 0.2) is 35.2 Å². The minimum absolute atomic E-state index is 0.131. The molecule has 1 saturated heterocycles.